The van der Waals surface area contributed by atoms with Gasteiger partial charge in [-0.1, -0.05) is 0 Å². The lowest BCUT2D eigenvalue weighted by atomic mass is 10.1. The van der Waals surface area contributed by atoms with Gasteiger partial charge in [-0.15, -0.1) is 0 Å². The second kappa shape index (κ2) is 8.54. The molecule has 0 spiro atoms. The van der Waals surface area contributed by atoms with Crippen molar-refractivity contribution in [3.8, 4) is 5.75 Å². The summed E-state index contributed by atoms with van der Waals surface area (Å²) in [6.45, 7) is 6.70. The summed E-state index contributed by atoms with van der Waals surface area (Å²) >= 11 is 0. The topological polar surface area (TPSA) is 50.4 Å². The Morgan fingerprint density at radius 1 is 1.27 bits per heavy atom. The highest BCUT2D eigenvalue weighted by molar-refractivity contribution is 5.94. The minimum absolute atomic E-state index is 0.115. The van der Waals surface area contributed by atoms with E-state index >= 15 is 0 Å². The zero-order valence-corrected chi connectivity index (χ0v) is 13.7. The van der Waals surface area contributed by atoms with Gasteiger partial charge in [0.15, 0.2) is 0 Å². The number of likely N-dealkylation sites (N-methyl/N-ethyl adjacent to an activating group) is 1. The maximum atomic E-state index is 12.5. The number of hydrogen-bond acceptors (Lipinski definition) is 3. The van der Waals surface area contributed by atoms with Gasteiger partial charge in [0, 0.05) is 24.1 Å². The number of nitrogens with one attached hydrogen (secondary N) is 2. The number of ether oxygens (including phenoxy) is 1. The monoisotopic (exact) mass is 308 g/mol. The van der Waals surface area contributed by atoms with Crippen LogP contribution in [0.5, 0.6) is 5.75 Å². The van der Waals surface area contributed by atoms with Gasteiger partial charge in [-0.05, 0) is 57.7 Å². The minimum atomic E-state index is -0.269. The maximum absolute atomic E-state index is 12.5. The molecule has 2 N–H and O–H groups in total. The quantitative estimate of drug-likeness (QED) is 0.814. The van der Waals surface area contributed by atoms with Crippen molar-refractivity contribution in [2.24, 2.45) is 0 Å². The smallest absolute Gasteiger partial charge is 0.251 e. The molecule has 0 aromatic heterocycles. The largest absolute Gasteiger partial charge is 0.493 e. The summed E-state index contributed by atoms with van der Waals surface area (Å²) in [6, 6.07) is 6.93. The number of rotatable bonds is 7. The van der Waals surface area contributed by atoms with Crippen molar-refractivity contribution in [3.05, 3.63) is 41.7 Å². The van der Waals surface area contributed by atoms with Gasteiger partial charge in [-0.3, -0.25) is 4.79 Å². The van der Waals surface area contributed by atoms with Crippen LogP contribution >= 0.6 is 0 Å². The first-order chi connectivity index (χ1) is 10.4. The molecule has 122 valence electrons. The molecule has 22 heavy (non-hydrogen) atoms. The fraction of sp³-hybridized carbons (Fsp3) is 0.471. The fourth-order valence-corrected chi connectivity index (χ4v) is 1.82. The lowest BCUT2D eigenvalue weighted by Gasteiger charge is -2.20. The lowest BCUT2D eigenvalue weighted by Crippen LogP contribution is -2.40. The van der Waals surface area contributed by atoms with Crippen LogP contribution in [0.2, 0.25) is 0 Å². The molecule has 0 heterocycles. The molecule has 0 fully saturated rings. The van der Waals surface area contributed by atoms with E-state index in [1.165, 1.54) is 0 Å². The summed E-state index contributed by atoms with van der Waals surface area (Å²) < 4.78 is 18.1. The van der Waals surface area contributed by atoms with Gasteiger partial charge >= 0.3 is 0 Å². The average Bonchev–Trinajstić information content (AvgIpc) is 2.45. The molecule has 0 unspecified atom stereocenters. The van der Waals surface area contributed by atoms with Gasteiger partial charge in [0.25, 0.3) is 5.91 Å². The van der Waals surface area contributed by atoms with Crippen LogP contribution in [0.15, 0.2) is 36.2 Å². The number of amides is 1. The molecule has 0 bridgehead atoms. The second-order valence-corrected chi connectivity index (χ2v) is 6.12. The molecule has 1 aromatic rings. The number of carbonyl (C=O) groups is 1. The molecule has 1 rings (SSSR count). The molecule has 0 saturated heterocycles. The first kappa shape index (κ1) is 18.2. The van der Waals surface area contributed by atoms with E-state index in [1.807, 2.05) is 20.8 Å². The van der Waals surface area contributed by atoms with Gasteiger partial charge in [0.1, 0.15) is 5.75 Å². The van der Waals surface area contributed by atoms with Crippen LogP contribution in [0.3, 0.4) is 0 Å². The van der Waals surface area contributed by atoms with E-state index in [0.29, 0.717) is 42.8 Å². The Hall–Kier alpha value is -1.88. The van der Waals surface area contributed by atoms with Crippen LogP contribution in [-0.4, -0.2) is 31.6 Å². The van der Waals surface area contributed by atoms with Crippen LogP contribution in [0.4, 0.5) is 4.39 Å². The Labute approximate surface area is 131 Å². The molecule has 0 aliphatic heterocycles. The van der Waals surface area contributed by atoms with Crippen LogP contribution in [-0.2, 0) is 0 Å². The Balaban J connectivity index is 2.50. The van der Waals surface area contributed by atoms with Crippen LogP contribution in [0.1, 0.15) is 37.6 Å². The van der Waals surface area contributed by atoms with Gasteiger partial charge < -0.3 is 15.4 Å². The molecule has 1 amide bonds. The van der Waals surface area contributed by atoms with Crippen LogP contribution in [0, 0.1) is 0 Å². The Bertz CT molecular complexity index is 504. The Morgan fingerprint density at radius 3 is 2.41 bits per heavy atom. The van der Waals surface area contributed by atoms with Crippen molar-refractivity contribution < 1.29 is 13.9 Å². The summed E-state index contributed by atoms with van der Waals surface area (Å²) in [4.78, 5) is 12.0. The molecule has 0 saturated carbocycles. The average molecular weight is 308 g/mol. The highest BCUT2D eigenvalue weighted by Crippen LogP contribution is 2.14. The molecule has 1 aromatic carbocycles. The predicted molar refractivity (Wildman–Crippen MR) is 86.9 cm³/mol. The summed E-state index contributed by atoms with van der Waals surface area (Å²) in [5, 5.41) is 5.80. The van der Waals surface area contributed by atoms with E-state index in [4.69, 9.17) is 4.74 Å². The molecule has 0 aliphatic rings. The van der Waals surface area contributed by atoms with E-state index in [2.05, 4.69) is 10.6 Å². The van der Waals surface area contributed by atoms with Crippen LogP contribution in [0.25, 0.3) is 0 Å². The van der Waals surface area contributed by atoms with Crippen molar-refractivity contribution in [1.29, 1.82) is 0 Å². The number of hydrogen-bond donors (Lipinski definition) is 2. The standard InChI is InChI=1S/C17H25FN2O2/c1-17(2,3)20-16(21)14-5-7-15(8-6-14)22-10-9-13(11-18)12-19-4/h5-8,11,19H,9-10,12H2,1-4H3,(H,20,21)/b13-11-. The Morgan fingerprint density at radius 2 is 1.91 bits per heavy atom. The summed E-state index contributed by atoms with van der Waals surface area (Å²) in [5.74, 6) is 0.547. The van der Waals surface area contributed by atoms with Gasteiger partial charge in [-0.25, -0.2) is 4.39 Å². The van der Waals surface area contributed by atoms with E-state index in [0.717, 1.165) is 0 Å². The highest BCUT2D eigenvalue weighted by atomic mass is 19.1. The summed E-state index contributed by atoms with van der Waals surface area (Å²) in [7, 11) is 1.77. The fourth-order valence-electron chi connectivity index (χ4n) is 1.82. The first-order valence-electron chi connectivity index (χ1n) is 7.34. The van der Waals surface area contributed by atoms with E-state index in [-0.39, 0.29) is 11.4 Å². The molecule has 4 nitrogen and oxygen atoms in total. The molecule has 0 aliphatic carbocycles. The lowest BCUT2D eigenvalue weighted by molar-refractivity contribution is 0.0919. The Kier molecular flexibility index (Phi) is 7.05. The third-order valence-corrected chi connectivity index (χ3v) is 2.86. The molecule has 0 atom stereocenters. The molecule has 0 radical (unpaired) electrons. The van der Waals surface area contributed by atoms with E-state index < -0.39 is 0 Å². The van der Waals surface area contributed by atoms with Crippen molar-refractivity contribution in [2.45, 2.75) is 32.7 Å². The van der Waals surface area contributed by atoms with E-state index in [9.17, 15) is 9.18 Å². The van der Waals surface area contributed by atoms with E-state index in [1.54, 1.807) is 31.3 Å². The summed E-state index contributed by atoms with van der Waals surface area (Å²) in [6.07, 6.45) is 1.13. The third-order valence-electron chi connectivity index (χ3n) is 2.86. The maximum Gasteiger partial charge on any atom is 0.251 e. The predicted octanol–water partition coefficient (Wildman–Crippen LogP) is 3.06. The minimum Gasteiger partial charge on any atom is -0.493 e. The molecular weight excluding hydrogens is 283 g/mol. The van der Waals surface area contributed by atoms with Gasteiger partial charge in [0.05, 0.1) is 12.9 Å². The normalized spacial score (nSPS) is 12.1. The van der Waals surface area contributed by atoms with Gasteiger partial charge in [0.2, 0.25) is 0 Å². The van der Waals surface area contributed by atoms with Crippen molar-refractivity contribution in [2.75, 3.05) is 20.2 Å². The summed E-state index contributed by atoms with van der Waals surface area (Å²) in [5.41, 5.74) is 0.972. The highest BCUT2D eigenvalue weighted by Gasteiger charge is 2.15. The first-order valence-corrected chi connectivity index (χ1v) is 7.34. The van der Waals surface area contributed by atoms with Crippen molar-refractivity contribution >= 4 is 5.91 Å². The van der Waals surface area contributed by atoms with Gasteiger partial charge in [-0.2, -0.15) is 0 Å². The molecule has 5 heteroatoms. The zero-order valence-electron chi connectivity index (χ0n) is 13.7. The molecular formula is C17H25FN2O2. The third kappa shape index (κ3) is 6.72. The van der Waals surface area contributed by atoms with Crippen LogP contribution < -0.4 is 15.4 Å². The number of halogens is 1. The SMILES string of the molecule is CNC/C(=C\F)CCOc1ccc(C(=O)NC(C)(C)C)cc1. The number of carbonyl (C=O) groups excluding carboxylic acids is 1. The second-order valence-electron chi connectivity index (χ2n) is 6.12. The van der Waals surface area contributed by atoms with Crippen molar-refractivity contribution in [3.63, 3.8) is 0 Å². The zero-order chi connectivity index (χ0) is 16.6. The van der Waals surface area contributed by atoms with Crippen molar-refractivity contribution in [1.82, 2.24) is 10.6 Å². The number of benzene rings is 1.